The number of hydrogen-bond acceptors (Lipinski definition) is 6. The molecule has 2 aromatic carbocycles. The van der Waals surface area contributed by atoms with E-state index >= 15 is 0 Å². The molecular formula is C19H17Cl2NO6. The number of imide groups is 1. The molecule has 7 nitrogen and oxygen atoms in total. The Morgan fingerprint density at radius 1 is 1.07 bits per heavy atom. The highest BCUT2D eigenvalue weighted by atomic mass is 35.5. The number of methoxy groups -OCH3 is 1. The Bertz CT molecular complexity index is 869. The largest absolute Gasteiger partial charge is 0.497 e. The Morgan fingerprint density at radius 3 is 2.36 bits per heavy atom. The first-order chi connectivity index (χ1) is 13.3. The van der Waals surface area contributed by atoms with Crippen molar-refractivity contribution in [3.63, 3.8) is 0 Å². The summed E-state index contributed by atoms with van der Waals surface area (Å²) in [4.78, 5) is 35.8. The van der Waals surface area contributed by atoms with Crippen LogP contribution in [0, 0.1) is 0 Å². The Balaban J connectivity index is 1.82. The van der Waals surface area contributed by atoms with Crippen LogP contribution in [0.1, 0.15) is 17.3 Å². The van der Waals surface area contributed by atoms with Crippen molar-refractivity contribution in [2.45, 2.75) is 13.0 Å². The van der Waals surface area contributed by atoms with Gasteiger partial charge in [-0.1, -0.05) is 23.2 Å². The summed E-state index contributed by atoms with van der Waals surface area (Å²) in [5.74, 6) is -1.37. The molecule has 148 valence electrons. The average Bonchev–Trinajstić information content (AvgIpc) is 2.68. The Hall–Kier alpha value is -2.77. The first-order valence-electron chi connectivity index (χ1n) is 8.06. The molecule has 2 aromatic rings. The van der Waals surface area contributed by atoms with Gasteiger partial charge in [0.15, 0.2) is 12.7 Å². The molecule has 0 saturated carbocycles. The summed E-state index contributed by atoms with van der Waals surface area (Å²) in [7, 11) is 1.50. The molecule has 28 heavy (non-hydrogen) atoms. The van der Waals surface area contributed by atoms with Crippen molar-refractivity contribution in [3.05, 3.63) is 58.1 Å². The SMILES string of the molecule is COc1ccc(C(=O)NC(=O)COC(=O)C(C)Oc2ccc(Cl)cc2Cl)cc1. The van der Waals surface area contributed by atoms with Crippen LogP contribution in [0.15, 0.2) is 42.5 Å². The number of benzene rings is 2. The van der Waals surface area contributed by atoms with Gasteiger partial charge in [0.2, 0.25) is 0 Å². The summed E-state index contributed by atoms with van der Waals surface area (Å²) >= 11 is 11.8. The molecule has 0 bridgehead atoms. The van der Waals surface area contributed by atoms with Gasteiger partial charge in [-0.05, 0) is 49.4 Å². The van der Waals surface area contributed by atoms with E-state index in [0.29, 0.717) is 10.8 Å². The molecule has 9 heteroatoms. The Morgan fingerprint density at radius 2 is 1.75 bits per heavy atom. The molecule has 2 rings (SSSR count). The highest BCUT2D eigenvalue weighted by molar-refractivity contribution is 6.35. The summed E-state index contributed by atoms with van der Waals surface area (Å²) in [6.45, 7) is 0.802. The normalized spacial score (nSPS) is 11.3. The summed E-state index contributed by atoms with van der Waals surface area (Å²) in [5.41, 5.74) is 0.259. The molecule has 0 heterocycles. The fraction of sp³-hybridized carbons (Fsp3) is 0.211. The number of carbonyl (C=O) groups is 3. The molecule has 0 aliphatic heterocycles. The molecule has 2 amide bonds. The van der Waals surface area contributed by atoms with E-state index in [1.165, 1.54) is 38.3 Å². The lowest BCUT2D eigenvalue weighted by Crippen LogP contribution is -2.36. The van der Waals surface area contributed by atoms with E-state index in [9.17, 15) is 14.4 Å². The molecule has 1 N–H and O–H groups in total. The lowest BCUT2D eigenvalue weighted by atomic mass is 10.2. The van der Waals surface area contributed by atoms with E-state index in [-0.39, 0.29) is 16.3 Å². The fourth-order valence-corrected chi connectivity index (χ4v) is 2.49. The van der Waals surface area contributed by atoms with Crippen molar-refractivity contribution < 1.29 is 28.6 Å². The monoisotopic (exact) mass is 425 g/mol. The second-order valence-corrected chi connectivity index (χ2v) is 6.39. The van der Waals surface area contributed by atoms with Gasteiger partial charge in [0.05, 0.1) is 12.1 Å². The van der Waals surface area contributed by atoms with Crippen LogP contribution in [0.5, 0.6) is 11.5 Å². The molecule has 1 unspecified atom stereocenters. The van der Waals surface area contributed by atoms with Crippen molar-refractivity contribution in [3.8, 4) is 11.5 Å². The van der Waals surface area contributed by atoms with Crippen molar-refractivity contribution in [1.29, 1.82) is 0 Å². The number of esters is 1. The summed E-state index contributed by atoms with van der Waals surface area (Å²) in [5, 5.41) is 2.77. The maximum Gasteiger partial charge on any atom is 0.347 e. The van der Waals surface area contributed by atoms with Crippen LogP contribution in [0.2, 0.25) is 10.0 Å². The summed E-state index contributed by atoms with van der Waals surface area (Å²) in [6, 6.07) is 10.7. The predicted molar refractivity (Wildman–Crippen MR) is 103 cm³/mol. The third-order valence-electron chi connectivity index (χ3n) is 3.48. The van der Waals surface area contributed by atoms with Crippen molar-refractivity contribution in [2.24, 2.45) is 0 Å². The van der Waals surface area contributed by atoms with Gasteiger partial charge in [0, 0.05) is 10.6 Å². The number of rotatable bonds is 7. The lowest BCUT2D eigenvalue weighted by molar-refractivity contribution is -0.154. The number of ether oxygens (including phenoxy) is 3. The quantitative estimate of drug-likeness (QED) is 0.684. The molecule has 0 radical (unpaired) electrons. The van der Waals surface area contributed by atoms with Crippen LogP contribution in [0.3, 0.4) is 0 Å². The van der Waals surface area contributed by atoms with E-state index in [4.69, 9.17) is 37.4 Å². The molecule has 0 saturated heterocycles. The van der Waals surface area contributed by atoms with Gasteiger partial charge in [-0.2, -0.15) is 0 Å². The predicted octanol–water partition coefficient (Wildman–Crippen LogP) is 3.27. The zero-order chi connectivity index (χ0) is 20.7. The molecular weight excluding hydrogens is 409 g/mol. The average molecular weight is 426 g/mol. The van der Waals surface area contributed by atoms with E-state index in [0.717, 1.165) is 0 Å². The molecule has 1 atom stereocenters. The van der Waals surface area contributed by atoms with Crippen LogP contribution < -0.4 is 14.8 Å². The van der Waals surface area contributed by atoms with E-state index in [1.807, 2.05) is 0 Å². The molecule has 0 fully saturated rings. The topological polar surface area (TPSA) is 90.9 Å². The number of carbonyl (C=O) groups excluding carboxylic acids is 3. The molecule has 0 aromatic heterocycles. The maximum absolute atomic E-state index is 12.0. The third-order valence-corrected chi connectivity index (χ3v) is 4.01. The molecule has 0 spiro atoms. The van der Waals surface area contributed by atoms with Gasteiger partial charge in [0.1, 0.15) is 11.5 Å². The smallest absolute Gasteiger partial charge is 0.347 e. The Kier molecular flexibility index (Phi) is 7.66. The second kappa shape index (κ2) is 9.96. The first kappa shape index (κ1) is 21.5. The highest BCUT2D eigenvalue weighted by Crippen LogP contribution is 2.28. The van der Waals surface area contributed by atoms with Gasteiger partial charge >= 0.3 is 5.97 Å². The zero-order valence-electron chi connectivity index (χ0n) is 15.0. The standard InChI is InChI=1S/C19H17Cl2NO6/c1-11(28-16-8-5-13(20)9-15(16)21)19(25)27-10-17(23)22-18(24)12-3-6-14(26-2)7-4-12/h3-9,11H,10H2,1-2H3,(H,22,23,24). The van der Waals surface area contributed by atoms with Crippen molar-refractivity contribution in [1.82, 2.24) is 5.32 Å². The summed E-state index contributed by atoms with van der Waals surface area (Å²) < 4.78 is 15.2. The Labute approximate surface area is 171 Å². The van der Waals surface area contributed by atoms with Crippen molar-refractivity contribution in [2.75, 3.05) is 13.7 Å². The maximum atomic E-state index is 12.0. The van der Waals surface area contributed by atoms with Gasteiger partial charge in [-0.15, -0.1) is 0 Å². The molecule has 0 aliphatic carbocycles. The van der Waals surface area contributed by atoms with E-state index < -0.39 is 30.5 Å². The van der Waals surface area contributed by atoms with Gasteiger partial charge < -0.3 is 14.2 Å². The number of hydrogen-bond donors (Lipinski definition) is 1. The van der Waals surface area contributed by atoms with Gasteiger partial charge in [-0.25, -0.2) is 4.79 Å². The number of halogens is 2. The minimum atomic E-state index is -1.02. The van der Waals surface area contributed by atoms with Crippen molar-refractivity contribution >= 4 is 41.0 Å². The first-order valence-corrected chi connectivity index (χ1v) is 8.82. The van der Waals surface area contributed by atoms with Gasteiger partial charge in [0.25, 0.3) is 11.8 Å². The van der Waals surface area contributed by atoms with Crippen LogP contribution in [-0.4, -0.2) is 37.6 Å². The van der Waals surface area contributed by atoms with Gasteiger partial charge in [-0.3, -0.25) is 14.9 Å². The third kappa shape index (κ3) is 6.14. The minimum absolute atomic E-state index is 0.231. The van der Waals surface area contributed by atoms with E-state index in [2.05, 4.69) is 5.32 Å². The van der Waals surface area contributed by atoms with Crippen LogP contribution >= 0.6 is 23.2 Å². The number of nitrogens with one attached hydrogen (secondary N) is 1. The lowest BCUT2D eigenvalue weighted by Gasteiger charge is -2.15. The van der Waals surface area contributed by atoms with Crippen LogP contribution in [0.4, 0.5) is 0 Å². The van der Waals surface area contributed by atoms with E-state index in [1.54, 1.807) is 18.2 Å². The minimum Gasteiger partial charge on any atom is -0.497 e. The summed E-state index contributed by atoms with van der Waals surface area (Å²) in [6.07, 6.45) is -1.02. The second-order valence-electron chi connectivity index (χ2n) is 5.55. The molecule has 0 aliphatic rings. The fourth-order valence-electron chi connectivity index (χ4n) is 2.04. The van der Waals surface area contributed by atoms with Crippen LogP contribution in [0.25, 0.3) is 0 Å². The highest BCUT2D eigenvalue weighted by Gasteiger charge is 2.20. The number of amides is 2. The zero-order valence-corrected chi connectivity index (χ0v) is 16.5. The van der Waals surface area contributed by atoms with Crippen LogP contribution in [-0.2, 0) is 14.3 Å².